The molecule has 0 radical (unpaired) electrons. The van der Waals surface area contributed by atoms with E-state index >= 15 is 0 Å². The summed E-state index contributed by atoms with van der Waals surface area (Å²) >= 11 is 0. The number of hydrogen-bond donors (Lipinski definition) is 2. The van der Waals surface area contributed by atoms with Gasteiger partial charge in [-0.2, -0.15) is 0 Å². The van der Waals surface area contributed by atoms with Gasteiger partial charge in [0.1, 0.15) is 11.6 Å². The Bertz CT molecular complexity index is 562. The highest BCUT2D eigenvalue weighted by atomic mass is 16.3. The van der Waals surface area contributed by atoms with E-state index in [1.165, 1.54) is 7.05 Å². The first-order valence-electron chi connectivity index (χ1n) is 5.14. The lowest BCUT2D eigenvalue weighted by Gasteiger charge is -2.16. The topological polar surface area (TPSA) is 98.4 Å². The van der Waals surface area contributed by atoms with Crippen molar-refractivity contribution in [2.45, 2.75) is 13.0 Å². The molecule has 2 rings (SSSR count). The summed E-state index contributed by atoms with van der Waals surface area (Å²) in [6.45, 7) is 1.76. The Morgan fingerprint density at radius 3 is 2.88 bits per heavy atom. The van der Waals surface area contributed by atoms with Gasteiger partial charge in [-0.15, -0.1) is 0 Å². The average molecular weight is 234 g/mol. The second-order valence-corrected chi connectivity index (χ2v) is 3.89. The molecule has 1 aromatic heterocycles. The number of aromatic nitrogens is 1. The number of carbonyl (C=O) groups excluding carboxylic acids is 1. The van der Waals surface area contributed by atoms with Gasteiger partial charge in [-0.25, -0.2) is 10.8 Å². The van der Waals surface area contributed by atoms with Gasteiger partial charge in [-0.3, -0.25) is 9.80 Å². The fourth-order valence-electron chi connectivity index (χ4n) is 1.62. The Kier molecular flexibility index (Phi) is 2.83. The minimum absolute atomic E-state index is 0.357. The number of aryl methyl sites for hydroxylation is 1. The van der Waals surface area contributed by atoms with Crippen LogP contribution in [0.4, 0.5) is 0 Å². The molecule has 6 nitrogen and oxygen atoms in total. The second-order valence-electron chi connectivity index (χ2n) is 3.89. The van der Waals surface area contributed by atoms with Crippen molar-refractivity contribution in [1.29, 1.82) is 0 Å². The molecule has 4 N–H and O–H groups in total. The predicted octanol–water partition coefficient (Wildman–Crippen LogP) is 0.468. The van der Waals surface area contributed by atoms with Crippen LogP contribution >= 0.6 is 0 Å². The van der Waals surface area contributed by atoms with Crippen LogP contribution < -0.4 is 11.6 Å². The smallest absolute Gasteiger partial charge is 0.257 e. The molecule has 0 spiro atoms. The highest BCUT2D eigenvalue weighted by molar-refractivity contribution is 5.84. The van der Waals surface area contributed by atoms with E-state index in [0.29, 0.717) is 22.6 Å². The summed E-state index contributed by atoms with van der Waals surface area (Å²) in [7, 11) is 1.46. The van der Waals surface area contributed by atoms with Crippen molar-refractivity contribution < 1.29 is 9.21 Å². The normalized spacial score (nSPS) is 12.7. The van der Waals surface area contributed by atoms with Crippen LogP contribution in [-0.2, 0) is 4.79 Å². The molecule has 0 aliphatic heterocycles. The summed E-state index contributed by atoms with van der Waals surface area (Å²) in [6, 6.07) is 4.43. The number of carbonyl (C=O) groups is 1. The van der Waals surface area contributed by atoms with Crippen LogP contribution in [0.1, 0.15) is 17.5 Å². The Balaban J connectivity index is 2.38. The molecule has 2 aromatic rings. The molecule has 0 bridgehead atoms. The molecule has 1 heterocycles. The zero-order chi connectivity index (χ0) is 12.6. The molecular weight excluding hydrogens is 220 g/mol. The SMILES string of the molecule is Cc1nc2cc(C(N)C(=O)N(C)N)ccc2o1. The summed E-state index contributed by atoms with van der Waals surface area (Å²) in [5, 5.41) is 0.975. The quantitative estimate of drug-likeness (QED) is 0.447. The number of hydrogen-bond acceptors (Lipinski definition) is 5. The van der Waals surface area contributed by atoms with Gasteiger partial charge in [0.05, 0.1) is 0 Å². The summed E-state index contributed by atoms with van der Waals surface area (Å²) in [5.74, 6) is 5.58. The Morgan fingerprint density at radius 2 is 2.24 bits per heavy atom. The van der Waals surface area contributed by atoms with E-state index in [1.807, 2.05) is 0 Å². The number of oxazole rings is 1. The van der Waals surface area contributed by atoms with Gasteiger partial charge in [0.15, 0.2) is 11.5 Å². The van der Waals surface area contributed by atoms with Crippen LogP contribution in [0.3, 0.4) is 0 Å². The van der Waals surface area contributed by atoms with Crippen molar-refractivity contribution in [3.8, 4) is 0 Å². The van der Waals surface area contributed by atoms with E-state index in [-0.39, 0.29) is 5.91 Å². The molecule has 90 valence electrons. The monoisotopic (exact) mass is 234 g/mol. The summed E-state index contributed by atoms with van der Waals surface area (Å²) in [5.41, 5.74) is 7.82. The first-order valence-corrected chi connectivity index (χ1v) is 5.14. The van der Waals surface area contributed by atoms with Gasteiger partial charge in [-0.05, 0) is 17.7 Å². The molecular formula is C11H14N4O2. The highest BCUT2D eigenvalue weighted by Gasteiger charge is 2.19. The molecule has 6 heteroatoms. The second kappa shape index (κ2) is 4.15. The number of amides is 1. The third-order valence-corrected chi connectivity index (χ3v) is 2.49. The lowest BCUT2D eigenvalue weighted by molar-refractivity contribution is -0.131. The van der Waals surface area contributed by atoms with Gasteiger partial charge in [0, 0.05) is 14.0 Å². The first-order chi connectivity index (χ1) is 7.99. The minimum atomic E-state index is -0.786. The maximum Gasteiger partial charge on any atom is 0.257 e. The minimum Gasteiger partial charge on any atom is -0.441 e. The van der Waals surface area contributed by atoms with Gasteiger partial charge >= 0.3 is 0 Å². The number of likely N-dealkylation sites (N-methyl/N-ethyl adjacent to an activating group) is 1. The van der Waals surface area contributed by atoms with Gasteiger partial charge < -0.3 is 10.2 Å². The third kappa shape index (κ3) is 2.13. The number of benzene rings is 1. The molecule has 0 saturated carbocycles. The van der Waals surface area contributed by atoms with Crippen LogP contribution in [0.2, 0.25) is 0 Å². The van der Waals surface area contributed by atoms with Crippen molar-refractivity contribution in [3.63, 3.8) is 0 Å². The van der Waals surface area contributed by atoms with E-state index in [9.17, 15) is 4.79 Å². The zero-order valence-corrected chi connectivity index (χ0v) is 9.68. The van der Waals surface area contributed by atoms with Gasteiger partial charge in [0.25, 0.3) is 5.91 Å². The maximum absolute atomic E-state index is 11.6. The number of hydrazine groups is 1. The molecule has 1 atom stereocenters. The van der Waals surface area contributed by atoms with Gasteiger partial charge in [0.2, 0.25) is 0 Å². The van der Waals surface area contributed by atoms with Crippen molar-refractivity contribution in [2.24, 2.45) is 11.6 Å². The number of fused-ring (bicyclic) bond motifs is 1. The summed E-state index contributed by atoms with van der Waals surface area (Å²) in [6.07, 6.45) is 0. The summed E-state index contributed by atoms with van der Waals surface area (Å²) in [4.78, 5) is 15.8. The van der Waals surface area contributed by atoms with Crippen LogP contribution in [-0.4, -0.2) is 22.9 Å². The molecule has 1 unspecified atom stereocenters. The maximum atomic E-state index is 11.6. The first kappa shape index (κ1) is 11.6. The third-order valence-electron chi connectivity index (χ3n) is 2.49. The Morgan fingerprint density at radius 1 is 1.53 bits per heavy atom. The summed E-state index contributed by atoms with van der Waals surface area (Å²) < 4.78 is 5.34. The zero-order valence-electron chi connectivity index (χ0n) is 9.68. The van der Waals surface area contributed by atoms with E-state index in [1.54, 1.807) is 25.1 Å². The molecule has 0 saturated heterocycles. The van der Waals surface area contributed by atoms with Crippen molar-refractivity contribution in [1.82, 2.24) is 9.99 Å². The largest absolute Gasteiger partial charge is 0.441 e. The highest BCUT2D eigenvalue weighted by Crippen LogP contribution is 2.20. The standard InChI is InChI=1S/C11H14N4O2/c1-6-14-8-5-7(3-4-9(8)17-6)10(12)11(16)15(2)13/h3-5,10H,12-13H2,1-2H3. The Hall–Kier alpha value is -1.92. The van der Waals surface area contributed by atoms with Crippen LogP contribution in [0.25, 0.3) is 11.1 Å². The lowest BCUT2D eigenvalue weighted by Crippen LogP contribution is -2.40. The number of rotatable bonds is 2. The predicted molar refractivity (Wildman–Crippen MR) is 62.6 cm³/mol. The fourth-order valence-corrected chi connectivity index (χ4v) is 1.62. The molecule has 1 aromatic carbocycles. The average Bonchev–Trinajstić information content (AvgIpc) is 2.65. The van der Waals surface area contributed by atoms with Crippen LogP contribution in [0.15, 0.2) is 22.6 Å². The van der Waals surface area contributed by atoms with Crippen LogP contribution in [0, 0.1) is 6.92 Å². The molecule has 0 aliphatic carbocycles. The lowest BCUT2D eigenvalue weighted by atomic mass is 10.1. The van der Waals surface area contributed by atoms with Crippen molar-refractivity contribution >= 4 is 17.0 Å². The molecule has 1 amide bonds. The van der Waals surface area contributed by atoms with E-state index in [0.717, 1.165) is 5.01 Å². The fraction of sp³-hybridized carbons (Fsp3) is 0.273. The molecule has 0 fully saturated rings. The van der Waals surface area contributed by atoms with Gasteiger partial charge in [-0.1, -0.05) is 6.07 Å². The van der Waals surface area contributed by atoms with E-state index < -0.39 is 6.04 Å². The molecule has 0 aliphatic rings. The number of nitrogens with two attached hydrogens (primary N) is 2. The van der Waals surface area contributed by atoms with Crippen molar-refractivity contribution in [2.75, 3.05) is 7.05 Å². The number of nitrogens with zero attached hydrogens (tertiary/aromatic N) is 2. The molecule has 17 heavy (non-hydrogen) atoms. The Labute approximate surface area is 98.2 Å². The van der Waals surface area contributed by atoms with Crippen LogP contribution in [0.5, 0.6) is 0 Å². The van der Waals surface area contributed by atoms with E-state index in [2.05, 4.69) is 4.98 Å². The van der Waals surface area contributed by atoms with E-state index in [4.69, 9.17) is 16.0 Å². The van der Waals surface area contributed by atoms with Crippen molar-refractivity contribution in [3.05, 3.63) is 29.7 Å².